The number of rotatable bonds is 20. The summed E-state index contributed by atoms with van der Waals surface area (Å²) in [5.41, 5.74) is 0.585. The first-order valence-corrected chi connectivity index (χ1v) is 23.6. The molecule has 2 fully saturated rings. The average molecular weight is 1140 g/mol. The monoisotopic (exact) mass is 1140 g/mol. The average Bonchev–Trinajstić information content (AvgIpc) is 4.37. The quantitative estimate of drug-likeness (QED) is 0.0415. The Balaban J connectivity index is 0.000000333. The Bertz CT molecular complexity index is 2990. The minimum atomic E-state index is -3.25. The zero-order valence-electron chi connectivity index (χ0n) is 40.6. The summed E-state index contributed by atoms with van der Waals surface area (Å²) in [6, 6.07) is 21.9. The van der Waals surface area contributed by atoms with Gasteiger partial charge in [0.2, 0.25) is 0 Å². The first-order chi connectivity index (χ1) is 35.7. The fraction of sp³-hybridized carbons (Fsp3) is 0.357. The van der Waals surface area contributed by atoms with Gasteiger partial charge < -0.3 is 49.5 Å². The number of Topliss-reactive ketones (excluding diaryl/α,β-unsaturated/α-hetero) is 1. The van der Waals surface area contributed by atoms with Crippen LogP contribution in [0.2, 0.25) is 10.0 Å². The second kappa shape index (κ2) is 28.7. The van der Waals surface area contributed by atoms with Crippen molar-refractivity contribution in [2.45, 2.75) is 97.1 Å². The lowest BCUT2D eigenvalue weighted by molar-refractivity contribution is -0.109. The van der Waals surface area contributed by atoms with Gasteiger partial charge in [0.25, 0.3) is 12.9 Å². The number of pyridine rings is 2. The van der Waals surface area contributed by atoms with Crippen LogP contribution in [0.15, 0.2) is 97.1 Å². The topological polar surface area (TPSA) is 202 Å². The van der Waals surface area contributed by atoms with Gasteiger partial charge in [0.1, 0.15) is 34.5 Å². The van der Waals surface area contributed by atoms with Crippen molar-refractivity contribution in [3.05, 3.63) is 141 Å². The molecule has 2 aromatic heterocycles. The molecule has 4 aromatic carbocycles. The SMILES string of the molecule is C.C.C.COc1cc(C(=O)CCC(O)(c2ccc(OC)c(-c3ccc(F)c(Cl)c3)n2)C(F)F)ccc1OC1CC1.COc1cc(C(=O)O)ccc1OC1CC1.COc1ccc(C(O)(CN)C(F)F)nc1-c1ccc(F)c(Cl)c1. The second-order valence-electron chi connectivity index (χ2n) is 17.0. The van der Waals surface area contributed by atoms with Gasteiger partial charge in [-0.15, -0.1) is 0 Å². The minimum absolute atomic E-state index is 0. The molecule has 424 valence electrons. The van der Waals surface area contributed by atoms with Gasteiger partial charge in [-0.3, -0.25) is 4.79 Å². The number of halogens is 8. The predicted molar refractivity (Wildman–Crippen MR) is 285 cm³/mol. The highest BCUT2D eigenvalue weighted by molar-refractivity contribution is 6.31. The van der Waals surface area contributed by atoms with Gasteiger partial charge in [-0.2, -0.15) is 0 Å². The van der Waals surface area contributed by atoms with Gasteiger partial charge in [0.15, 0.2) is 40.0 Å². The summed E-state index contributed by atoms with van der Waals surface area (Å²) in [5, 5.41) is 29.5. The van der Waals surface area contributed by atoms with E-state index in [4.69, 9.17) is 62.5 Å². The molecule has 78 heavy (non-hydrogen) atoms. The number of ether oxygens (including phenoxy) is 6. The number of carboxylic acids is 1. The number of nitrogens with zero attached hydrogens (tertiary/aromatic N) is 2. The number of aromatic carboxylic acids is 1. The molecule has 0 amide bonds. The van der Waals surface area contributed by atoms with Crippen molar-refractivity contribution in [2.75, 3.05) is 35.0 Å². The Hall–Kier alpha value is -6.84. The molecule has 2 atom stereocenters. The van der Waals surface area contributed by atoms with Crippen molar-refractivity contribution in [2.24, 2.45) is 5.73 Å². The van der Waals surface area contributed by atoms with Crippen LogP contribution in [0.1, 0.15) is 92.9 Å². The molecule has 6 aromatic rings. The highest BCUT2D eigenvalue weighted by Crippen LogP contribution is 2.40. The van der Waals surface area contributed by atoms with Crippen LogP contribution >= 0.6 is 23.2 Å². The maximum absolute atomic E-state index is 14.2. The van der Waals surface area contributed by atoms with Crippen LogP contribution in [0.25, 0.3) is 22.5 Å². The molecule has 22 heteroatoms. The summed E-state index contributed by atoms with van der Waals surface area (Å²) in [7, 11) is 5.67. The van der Waals surface area contributed by atoms with E-state index in [-0.39, 0.29) is 89.9 Å². The van der Waals surface area contributed by atoms with E-state index in [1.54, 1.807) is 12.1 Å². The first kappa shape index (κ1) is 65.4. The summed E-state index contributed by atoms with van der Waals surface area (Å²) in [6.45, 7) is -0.715. The molecule has 2 unspecified atom stereocenters. The van der Waals surface area contributed by atoms with Crippen molar-refractivity contribution in [1.29, 1.82) is 0 Å². The highest BCUT2D eigenvalue weighted by Gasteiger charge is 2.42. The normalized spacial score (nSPS) is 14.0. The number of nitrogens with two attached hydrogens (primary N) is 1. The maximum atomic E-state index is 14.2. The molecule has 5 N–H and O–H groups in total. The van der Waals surface area contributed by atoms with E-state index in [2.05, 4.69) is 9.97 Å². The molecule has 0 bridgehead atoms. The van der Waals surface area contributed by atoms with Crippen LogP contribution in [-0.4, -0.2) is 97.1 Å². The lowest BCUT2D eigenvalue weighted by atomic mass is 9.90. The second-order valence-corrected chi connectivity index (χ2v) is 17.8. The Kier molecular flexibility index (Phi) is 24.1. The highest BCUT2D eigenvalue weighted by atomic mass is 35.5. The summed E-state index contributed by atoms with van der Waals surface area (Å²) in [5.74, 6) is -0.302. The molecule has 0 spiro atoms. The van der Waals surface area contributed by atoms with Crippen LogP contribution in [0, 0.1) is 11.6 Å². The first-order valence-electron chi connectivity index (χ1n) is 22.9. The van der Waals surface area contributed by atoms with E-state index >= 15 is 0 Å². The standard InChI is InChI=1S/C27H25ClF3NO5.C15H14ClF3N2O2.C11H12O4.3CH4/c1-35-22-9-10-24(32-25(22)16-3-7-19(29)18(28)13-16)27(34,26(30)31)12-11-20(33)15-4-8-21(23(14-15)36-2)37-17-5-6-17;1-23-11-4-5-12(15(22,7-20)14(18)19)21-13(11)8-2-3-10(17)9(16)6-8;1-14-10-6-7(11(12)13)2-5-9(10)15-8-3-4-8;;;/h3-4,7-10,13-14,17,26,34H,5-6,11-12H2,1-2H3;2-6,14,22H,7,20H2,1H3;2,5-6,8H,3-4H2,1H3,(H,12,13);3*1H4. The minimum Gasteiger partial charge on any atom is -0.494 e. The van der Waals surface area contributed by atoms with Crippen molar-refractivity contribution in [3.8, 4) is 57.0 Å². The van der Waals surface area contributed by atoms with E-state index in [1.807, 2.05) is 0 Å². The number of ketones is 1. The molecule has 2 aliphatic rings. The van der Waals surface area contributed by atoms with Crippen LogP contribution in [-0.2, 0) is 11.2 Å². The maximum Gasteiger partial charge on any atom is 0.335 e. The van der Waals surface area contributed by atoms with Gasteiger partial charge in [0, 0.05) is 29.7 Å². The number of carbonyl (C=O) groups excluding carboxylic acids is 1. The zero-order valence-corrected chi connectivity index (χ0v) is 42.1. The van der Waals surface area contributed by atoms with E-state index in [0.29, 0.717) is 34.1 Å². The van der Waals surface area contributed by atoms with Gasteiger partial charge >= 0.3 is 5.97 Å². The zero-order chi connectivity index (χ0) is 54.8. The molecule has 0 aliphatic heterocycles. The third kappa shape index (κ3) is 15.9. The third-order valence-corrected chi connectivity index (χ3v) is 12.3. The van der Waals surface area contributed by atoms with Gasteiger partial charge in [-0.05, 0) is 129 Å². The van der Waals surface area contributed by atoms with Crippen LogP contribution in [0.4, 0.5) is 26.3 Å². The van der Waals surface area contributed by atoms with Gasteiger partial charge in [0.05, 0.1) is 67.6 Å². The van der Waals surface area contributed by atoms with Crippen molar-refractivity contribution in [1.82, 2.24) is 9.97 Å². The largest absolute Gasteiger partial charge is 0.494 e. The number of carboxylic acid groups (broad SMARTS) is 1. The Labute approximate surface area is 459 Å². The number of hydrogen-bond donors (Lipinski definition) is 4. The van der Waals surface area contributed by atoms with E-state index in [0.717, 1.165) is 37.8 Å². The third-order valence-electron chi connectivity index (χ3n) is 11.7. The molecule has 2 aliphatic carbocycles. The Morgan fingerprint density at radius 1 is 0.590 bits per heavy atom. The fourth-order valence-electron chi connectivity index (χ4n) is 7.07. The summed E-state index contributed by atoms with van der Waals surface area (Å²) in [4.78, 5) is 31.8. The Morgan fingerprint density at radius 3 is 1.33 bits per heavy atom. The summed E-state index contributed by atoms with van der Waals surface area (Å²) in [6.07, 6.45) is -2.95. The van der Waals surface area contributed by atoms with Crippen LogP contribution < -0.4 is 34.2 Å². The van der Waals surface area contributed by atoms with Gasteiger partial charge in [-0.25, -0.2) is 41.1 Å². The molecular formula is C56H63Cl2F6N3O11. The number of methoxy groups -OCH3 is 4. The molecule has 0 radical (unpaired) electrons. The summed E-state index contributed by atoms with van der Waals surface area (Å²) >= 11 is 11.6. The van der Waals surface area contributed by atoms with Crippen molar-refractivity contribution >= 4 is 35.0 Å². The number of carbonyl (C=O) groups is 2. The number of aromatic nitrogens is 2. The van der Waals surface area contributed by atoms with E-state index < -0.39 is 66.8 Å². The smallest absolute Gasteiger partial charge is 0.335 e. The van der Waals surface area contributed by atoms with Crippen molar-refractivity contribution in [3.63, 3.8) is 0 Å². The lowest BCUT2D eigenvalue weighted by Gasteiger charge is -2.27. The molecule has 2 saturated carbocycles. The number of alkyl halides is 4. The van der Waals surface area contributed by atoms with Crippen molar-refractivity contribution < 1.29 is 79.7 Å². The summed E-state index contributed by atoms with van der Waals surface area (Å²) < 4.78 is 114. The molecule has 2 heterocycles. The molecule has 8 rings (SSSR count). The Morgan fingerprint density at radius 2 is 0.974 bits per heavy atom. The molecule has 0 saturated heterocycles. The van der Waals surface area contributed by atoms with E-state index in [9.17, 15) is 46.1 Å². The number of hydrogen-bond acceptors (Lipinski definition) is 13. The number of aliphatic hydroxyl groups is 2. The van der Waals surface area contributed by atoms with Crippen LogP contribution in [0.3, 0.4) is 0 Å². The molecule has 14 nitrogen and oxygen atoms in total. The number of benzene rings is 4. The fourth-order valence-corrected chi connectivity index (χ4v) is 7.44. The van der Waals surface area contributed by atoms with E-state index in [1.165, 1.54) is 101 Å². The predicted octanol–water partition coefficient (Wildman–Crippen LogP) is 13.0. The lowest BCUT2D eigenvalue weighted by Crippen LogP contribution is -2.42. The molecular weight excluding hydrogens is 1080 g/mol. The van der Waals surface area contributed by atoms with Gasteiger partial charge in [-0.1, -0.05) is 45.5 Å². The van der Waals surface area contributed by atoms with Crippen LogP contribution in [0.5, 0.6) is 34.5 Å².